The average Bonchev–Trinajstić information content (AvgIpc) is 2.43. The van der Waals surface area contributed by atoms with E-state index in [2.05, 4.69) is 20.8 Å². The zero-order valence-corrected chi connectivity index (χ0v) is 13.6. The topological polar surface area (TPSA) is 32.7 Å². The Morgan fingerprint density at radius 3 is 2.70 bits per heavy atom. The molecule has 0 radical (unpaired) electrons. The predicted octanol–water partition coefficient (Wildman–Crippen LogP) is 3.54. The van der Waals surface area contributed by atoms with Crippen LogP contribution in [0.2, 0.25) is 5.02 Å². The molecule has 1 atom stereocenters. The third-order valence-corrected chi connectivity index (χ3v) is 5.01. The highest BCUT2D eigenvalue weighted by molar-refractivity contribution is 9.10. The SMILES string of the molecule is COc1c(Br)cc(Cl)cc1/C=C1/C(O)C2CCN1CC2. The predicted molar refractivity (Wildman–Crippen MR) is 84.0 cm³/mol. The van der Waals surface area contributed by atoms with Gasteiger partial charge in [0.15, 0.2) is 0 Å². The van der Waals surface area contributed by atoms with E-state index in [0.29, 0.717) is 10.9 Å². The lowest BCUT2D eigenvalue weighted by atomic mass is 9.83. The molecule has 108 valence electrons. The lowest BCUT2D eigenvalue weighted by Gasteiger charge is -2.46. The fourth-order valence-corrected chi connectivity index (χ4v) is 4.14. The first-order chi connectivity index (χ1) is 9.60. The third kappa shape index (κ3) is 2.45. The van der Waals surface area contributed by atoms with E-state index in [0.717, 1.165) is 47.4 Å². The molecule has 0 saturated carbocycles. The van der Waals surface area contributed by atoms with Gasteiger partial charge >= 0.3 is 0 Å². The lowest BCUT2D eigenvalue weighted by Crippen LogP contribution is -2.48. The first kappa shape index (κ1) is 14.2. The summed E-state index contributed by atoms with van der Waals surface area (Å²) in [6.07, 6.45) is 3.79. The molecule has 5 heteroatoms. The van der Waals surface area contributed by atoms with E-state index >= 15 is 0 Å². The molecule has 4 rings (SSSR count). The highest BCUT2D eigenvalue weighted by Gasteiger charge is 2.36. The maximum Gasteiger partial charge on any atom is 0.140 e. The van der Waals surface area contributed by atoms with E-state index in [-0.39, 0.29) is 6.10 Å². The largest absolute Gasteiger partial charge is 0.495 e. The molecule has 2 bridgehead atoms. The number of hydrogen-bond donors (Lipinski definition) is 1. The Balaban J connectivity index is 2.03. The highest BCUT2D eigenvalue weighted by atomic mass is 79.9. The number of halogens is 2. The van der Waals surface area contributed by atoms with Gasteiger partial charge < -0.3 is 14.7 Å². The molecule has 0 aliphatic carbocycles. The second kappa shape index (κ2) is 5.58. The average molecular weight is 359 g/mol. The van der Waals surface area contributed by atoms with Crippen LogP contribution in [0.4, 0.5) is 0 Å². The van der Waals surface area contributed by atoms with Crippen molar-refractivity contribution in [3.05, 3.63) is 32.9 Å². The number of aliphatic hydroxyl groups excluding tert-OH is 1. The van der Waals surface area contributed by atoms with Crippen LogP contribution in [-0.2, 0) is 0 Å². The van der Waals surface area contributed by atoms with Gasteiger partial charge in [-0.3, -0.25) is 0 Å². The number of piperidine rings is 3. The Morgan fingerprint density at radius 1 is 1.40 bits per heavy atom. The number of fused-ring (bicyclic) bond motifs is 3. The van der Waals surface area contributed by atoms with E-state index in [1.807, 2.05) is 18.2 Å². The van der Waals surface area contributed by atoms with Gasteiger partial charge in [-0.25, -0.2) is 0 Å². The summed E-state index contributed by atoms with van der Waals surface area (Å²) in [5.41, 5.74) is 1.88. The molecule has 20 heavy (non-hydrogen) atoms. The number of hydrogen-bond acceptors (Lipinski definition) is 3. The van der Waals surface area contributed by atoms with Crippen LogP contribution in [-0.4, -0.2) is 36.3 Å². The van der Waals surface area contributed by atoms with E-state index in [1.165, 1.54) is 0 Å². The van der Waals surface area contributed by atoms with Gasteiger partial charge in [0.2, 0.25) is 0 Å². The van der Waals surface area contributed by atoms with Crippen molar-refractivity contribution in [2.45, 2.75) is 18.9 Å². The standard InChI is InChI=1S/C15H17BrClNO2/c1-20-15-10(6-11(17)8-12(15)16)7-13-14(19)9-2-4-18(13)5-3-9/h6-9,14,19H,2-5H2,1H3/b13-7-. The number of rotatable bonds is 2. The van der Waals surface area contributed by atoms with Crippen LogP contribution in [0.25, 0.3) is 6.08 Å². The van der Waals surface area contributed by atoms with Crippen molar-refractivity contribution in [2.75, 3.05) is 20.2 Å². The van der Waals surface area contributed by atoms with Gasteiger partial charge in [-0.05, 0) is 52.9 Å². The number of aliphatic hydroxyl groups is 1. The molecule has 1 N–H and O–H groups in total. The molecule has 3 aliphatic rings. The van der Waals surface area contributed by atoms with Crippen LogP contribution in [0.5, 0.6) is 5.75 Å². The second-order valence-corrected chi connectivity index (χ2v) is 6.64. The summed E-state index contributed by atoms with van der Waals surface area (Å²) in [5, 5.41) is 11.1. The zero-order chi connectivity index (χ0) is 14.3. The molecule has 3 fully saturated rings. The van der Waals surface area contributed by atoms with Crippen LogP contribution in [0.3, 0.4) is 0 Å². The first-order valence-corrected chi connectivity index (χ1v) is 7.95. The molecule has 3 saturated heterocycles. The summed E-state index contributed by atoms with van der Waals surface area (Å²) < 4.78 is 6.26. The normalized spacial score (nSPS) is 27.2. The molecule has 3 nitrogen and oxygen atoms in total. The van der Waals surface area contributed by atoms with Gasteiger partial charge in [-0.2, -0.15) is 0 Å². The number of methoxy groups -OCH3 is 1. The first-order valence-electron chi connectivity index (χ1n) is 6.78. The van der Waals surface area contributed by atoms with Crippen molar-refractivity contribution in [3.8, 4) is 5.75 Å². The van der Waals surface area contributed by atoms with Crippen LogP contribution in [0, 0.1) is 5.92 Å². The molecule has 0 spiro atoms. The molecule has 3 heterocycles. The lowest BCUT2D eigenvalue weighted by molar-refractivity contribution is 0.0215. The van der Waals surface area contributed by atoms with Crippen molar-refractivity contribution in [2.24, 2.45) is 5.92 Å². The maximum absolute atomic E-state index is 10.4. The monoisotopic (exact) mass is 357 g/mol. The molecule has 1 aromatic carbocycles. The van der Waals surface area contributed by atoms with Gasteiger partial charge in [0.1, 0.15) is 5.75 Å². The molecule has 0 amide bonds. The van der Waals surface area contributed by atoms with E-state index in [4.69, 9.17) is 16.3 Å². The molecule has 1 unspecified atom stereocenters. The van der Waals surface area contributed by atoms with E-state index < -0.39 is 0 Å². The summed E-state index contributed by atoms with van der Waals surface area (Å²) in [6, 6.07) is 3.68. The Kier molecular flexibility index (Phi) is 3.98. The fourth-order valence-electron chi connectivity index (χ4n) is 3.14. The maximum atomic E-state index is 10.4. The van der Waals surface area contributed by atoms with E-state index in [9.17, 15) is 5.11 Å². The van der Waals surface area contributed by atoms with Crippen LogP contribution >= 0.6 is 27.5 Å². The van der Waals surface area contributed by atoms with Crippen molar-refractivity contribution < 1.29 is 9.84 Å². The summed E-state index contributed by atoms with van der Waals surface area (Å²) in [4.78, 5) is 2.26. The molecular weight excluding hydrogens is 342 g/mol. The summed E-state index contributed by atoms with van der Waals surface area (Å²) in [6.45, 7) is 2.05. The minimum absolute atomic E-state index is 0.375. The highest BCUT2D eigenvalue weighted by Crippen LogP contribution is 2.39. The Hall–Kier alpha value is -0.710. The second-order valence-electron chi connectivity index (χ2n) is 5.35. The van der Waals surface area contributed by atoms with Crippen LogP contribution < -0.4 is 4.74 Å². The van der Waals surface area contributed by atoms with Crippen LogP contribution in [0.15, 0.2) is 22.3 Å². The van der Waals surface area contributed by atoms with Gasteiger partial charge in [-0.1, -0.05) is 11.6 Å². The number of ether oxygens (including phenoxy) is 1. The van der Waals surface area contributed by atoms with Gasteiger partial charge in [0.25, 0.3) is 0 Å². The van der Waals surface area contributed by atoms with Crippen molar-refractivity contribution >= 4 is 33.6 Å². The Bertz CT molecular complexity index is 549. The molecule has 3 aliphatic heterocycles. The van der Waals surface area contributed by atoms with Crippen LogP contribution in [0.1, 0.15) is 18.4 Å². The van der Waals surface area contributed by atoms with Gasteiger partial charge in [0.05, 0.1) is 17.7 Å². The summed E-state index contributed by atoms with van der Waals surface area (Å²) in [5.74, 6) is 1.14. The zero-order valence-electron chi connectivity index (χ0n) is 11.3. The quantitative estimate of drug-likeness (QED) is 0.878. The number of nitrogens with zero attached hydrogens (tertiary/aromatic N) is 1. The molecular formula is C15H17BrClNO2. The van der Waals surface area contributed by atoms with Crippen molar-refractivity contribution in [3.63, 3.8) is 0 Å². The fraction of sp³-hybridized carbons (Fsp3) is 0.467. The third-order valence-electron chi connectivity index (χ3n) is 4.20. The van der Waals surface area contributed by atoms with E-state index in [1.54, 1.807) is 7.11 Å². The van der Waals surface area contributed by atoms with Crippen molar-refractivity contribution in [1.29, 1.82) is 0 Å². The smallest absolute Gasteiger partial charge is 0.140 e. The summed E-state index contributed by atoms with van der Waals surface area (Å²) in [7, 11) is 1.64. The number of benzene rings is 1. The van der Waals surface area contributed by atoms with Gasteiger partial charge in [-0.15, -0.1) is 0 Å². The van der Waals surface area contributed by atoms with Crippen molar-refractivity contribution in [1.82, 2.24) is 4.90 Å². The Labute approximate surface area is 132 Å². The summed E-state index contributed by atoms with van der Waals surface area (Å²) >= 11 is 9.59. The molecule has 0 aromatic heterocycles. The minimum atomic E-state index is -0.375. The van der Waals surface area contributed by atoms with Gasteiger partial charge in [0, 0.05) is 29.4 Å². The minimum Gasteiger partial charge on any atom is -0.495 e. The molecule has 1 aromatic rings. The Morgan fingerprint density at radius 2 is 2.10 bits per heavy atom.